The van der Waals surface area contributed by atoms with Gasteiger partial charge in [-0.05, 0) is 44.2 Å². The van der Waals surface area contributed by atoms with E-state index in [9.17, 15) is 14.9 Å². The van der Waals surface area contributed by atoms with Crippen molar-refractivity contribution in [1.82, 2.24) is 4.90 Å². The maximum atomic E-state index is 12.2. The molecule has 0 aliphatic rings. The third-order valence-electron chi connectivity index (χ3n) is 3.56. The second kappa shape index (κ2) is 7.40. The van der Waals surface area contributed by atoms with Crippen molar-refractivity contribution in [3.05, 3.63) is 64.2 Å². The molecule has 0 aliphatic heterocycles. The SMILES string of the molecule is CCN(CC)C(=O)c1ccc(Nc2ccccc2[N+](=O)[O-])cc1. The molecule has 0 aliphatic carbocycles. The van der Waals surface area contributed by atoms with E-state index in [1.807, 2.05) is 13.8 Å². The molecule has 120 valence electrons. The van der Waals surface area contributed by atoms with E-state index >= 15 is 0 Å². The number of nitrogens with zero attached hydrogens (tertiary/aromatic N) is 2. The van der Waals surface area contributed by atoms with Gasteiger partial charge in [-0.1, -0.05) is 12.1 Å². The summed E-state index contributed by atoms with van der Waals surface area (Å²) < 4.78 is 0. The van der Waals surface area contributed by atoms with Gasteiger partial charge >= 0.3 is 0 Å². The number of carbonyl (C=O) groups excluding carboxylic acids is 1. The molecule has 6 heteroatoms. The van der Waals surface area contributed by atoms with E-state index in [-0.39, 0.29) is 11.6 Å². The second-order valence-electron chi connectivity index (χ2n) is 4.95. The predicted molar refractivity (Wildman–Crippen MR) is 90.1 cm³/mol. The van der Waals surface area contributed by atoms with E-state index in [2.05, 4.69) is 5.32 Å². The van der Waals surface area contributed by atoms with Gasteiger partial charge in [-0.15, -0.1) is 0 Å². The fraction of sp³-hybridized carbons (Fsp3) is 0.235. The zero-order chi connectivity index (χ0) is 16.8. The lowest BCUT2D eigenvalue weighted by Gasteiger charge is -2.18. The third-order valence-corrected chi connectivity index (χ3v) is 3.56. The van der Waals surface area contributed by atoms with Gasteiger partial charge in [-0.25, -0.2) is 0 Å². The second-order valence-corrected chi connectivity index (χ2v) is 4.95. The lowest BCUT2D eigenvalue weighted by Crippen LogP contribution is -2.30. The summed E-state index contributed by atoms with van der Waals surface area (Å²) in [4.78, 5) is 24.6. The van der Waals surface area contributed by atoms with Crippen molar-refractivity contribution in [2.75, 3.05) is 18.4 Å². The minimum atomic E-state index is -0.430. The number of benzene rings is 2. The number of amides is 1. The molecule has 1 N–H and O–H groups in total. The number of hydrogen-bond donors (Lipinski definition) is 1. The van der Waals surface area contributed by atoms with Gasteiger partial charge in [0, 0.05) is 30.4 Å². The zero-order valence-corrected chi connectivity index (χ0v) is 13.2. The van der Waals surface area contributed by atoms with Crippen molar-refractivity contribution in [3.8, 4) is 0 Å². The van der Waals surface area contributed by atoms with Crippen LogP contribution in [0.15, 0.2) is 48.5 Å². The molecule has 6 nitrogen and oxygen atoms in total. The van der Waals surface area contributed by atoms with Gasteiger partial charge in [-0.2, -0.15) is 0 Å². The number of carbonyl (C=O) groups is 1. The van der Waals surface area contributed by atoms with Crippen molar-refractivity contribution >= 4 is 23.0 Å². The summed E-state index contributed by atoms with van der Waals surface area (Å²) in [5.74, 6) is -0.0211. The van der Waals surface area contributed by atoms with Crippen LogP contribution >= 0.6 is 0 Å². The van der Waals surface area contributed by atoms with E-state index < -0.39 is 4.92 Å². The maximum absolute atomic E-state index is 12.2. The van der Waals surface area contributed by atoms with Gasteiger partial charge in [0.2, 0.25) is 0 Å². The van der Waals surface area contributed by atoms with Crippen molar-refractivity contribution in [2.24, 2.45) is 0 Å². The minimum Gasteiger partial charge on any atom is -0.350 e. The largest absolute Gasteiger partial charge is 0.350 e. The molecule has 2 aromatic rings. The van der Waals surface area contributed by atoms with Crippen LogP contribution in [0.2, 0.25) is 0 Å². The molecule has 0 aromatic heterocycles. The Morgan fingerprint density at radius 2 is 1.70 bits per heavy atom. The molecule has 0 spiro atoms. The van der Waals surface area contributed by atoms with E-state index in [1.54, 1.807) is 47.4 Å². The van der Waals surface area contributed by atoms with Gasteiger partial charge in [0.15, 0.2) is 0 Å². The molecule has 0 saturated carbocycles. The van der Waals surface area contributed by atoms with Gasteiger partial charge < -0.3 is 10.2 Å². The molecule has 0 fully saturated rings. The number of hydrogen-bond acceptors (Lipinski definition) is 4. The van der Waals surface area contributed by atoms with Gasteiger partial charge in [0.25, 0.3) is 11.6 Å². The molecular formula is C17H19N3O3. The number of nitro groups is 1. The van der Waals surface area contributed by atoms with Crippen LogP contribution in [0, 0.1) is 10.1 Å². The van der Waals surface area contributed by atoms with Crippen LogP contribution in [-0.4, -0.2) is 28.8 Å². The summed E-state index contributed by atoms with van der Waals surface area (Å²) in [6, 6.07) is 13.4. The number of nitrogens with one attached hydrogen (secondary N) is 1. The van der Waals surface area contributed by atoms with Crippen LogP contribution in [0.25, 0.3) is 0 Å². The monoisotopic (exact) mass is 313 g/mol. The number of para-hydroxylation sites is 2. The van der Waals surface area contributed by atoms with Gasteiger partial charge in [0.1, 0.15) is 5.69 Å². The quantitative estimate of drug-likeness (QED) is 0.650. The van der Waals surface area contributed by atoms with Crippen LogP contribution in [0.3, 0.4) is 0 Å². The normalized spacial score (nSPS) is 10.2. The zero-order valence-electron chi connectivity index (χ0n) is 13.2. The Bertz CT molecular complexity index is 694. The highest BCUT2D eigenvalue weighted by molar-refractivity contribution is 5.94. The number of nitro benzene ring substituents is 1. The van der Waals surface area contributed by atoms with Crippen molar-refractivity contribution in [2.45, 2.75) is 13.8 Å². The molecule has 1 amide bonds. The van der Waals surface area contributed by atoms with Crippen LogP contribution in [0.5, 0.6) is 0 Å². The van der Waals surface area contributed by atoms with Crippen LogP contribution in [0.1, 0.15) is 24.2 Å². The Morgan fingerprint density at radius 1 is 1.09 bits per heavy atom. The van der Waals surface area contributed by atoms with E-state index in [4.69, 9.17) is 0 Å². The smallest absolute Gasteiger partial charge is 0.292 e. The first-order valence-corrected chi connectivity index (χ1v) is 7.46. The predicted octanol–water partition coefficient (Wildman–Crippen LogP) is 3.82. The highest BCUT2D eigenvalue weighted by Gasteiger charge is 2.14. The highest BCUT2D eigenvalue weighted by atomic mass is 16.6. The van der Waals surface area contributed by atoms with Crippen LogP contribution in [-0.2, 0) is 0 Å². The molecular weight excluding hydrogens is 294 g/mol. The summed E-state index contributed by atoms with van der Waals surface area (Å²) in [5, 5.41) is 14.0. The Balaban J connectivity index is 2.18. The molecule has 0 heterocycles. The van der Waals surface area contributed by atoms with Crippen LogP contribution in [0.4, 0.5) is 17.1 Å². The van der Waals surface area contributed by atoms with Crippen molar-refractivity contribution in [3.63, 3.8) is 0 Å². The highest BCUT2D eigenvalue weighted by Crippen LogP contribution is 2.27. The first kappa shape index (κ1) is 16.5. The van der Waals surface area contributed by atoms with Crippen LogP contribution < -0.4 is 5.32 Å². The van der Waals surface area contributed by atoms with Crippen molar-refractivity contribution in [1.29, 1.82) is 0 Å². The molecule has 0 atom stereocenters. The van der Waals surface area contributed by atoms with E-state index in [1.165, 1.54) is 6.07 Å². The average molecular weight is 313 g/mol. The third kappa shape index (κ3) is 3.85. The number of rotatable bonds is 6. The lowest BCUT2D eigenvalue weighted by atomic mass is 10.1. The molecule has 0 unspecified atom stereocenters. The standard InChI is InChI=1S/C17H19N3O3/c1-3-19(4-2)17(21)13-9-11-14(12-10-13)18-15-7-5-6-8-16(15)20(22)23/h5-12,18H,3-4H2,1-2H3. The van der Waals surface area contributed by atoms with Gasteiger partial charge in [0.05, 0.1) is 4.92 Å². The van der Waals surface area contributed by atoms with E-state index in [0.29, 0.717) is 30.0 Å². The minimum absolute atomic E-state index is 0.00999. The Labute approximate surface area is 134 Å². The maximum Gasteiger partial charge on any atom is 0.292 e. The molecule has 0 radical (unpaired) electrons. The Kier molecular flexibility index (Phi) is 5.30. The summed E-state index contributed by atoms with van der Waals surface area (Å²) in [6.45, 7) is 5.19. The molecule has 23 heavy (non-hydrogen) atoms. The number of anilines is 2. The molecule has 2 aromatic carbocycles. The summed E-state index contributed by atoms with van der Waals surface area (Å²) in [7, 11) is 0. The van der Waals surface area contributed by atoms with E-state index in [0.717, 1.165) is 0 Å². The first-order valence-electron chi connectivity index (χ1n) is 7.46. The molecule has 0 bridgehead atoms. The molecule has 0 saturated heterocycles. The lowest BCUT2D eigenvalue weighted by molar-refractivity contribution is -0.383. The molecule has 2 rings (SSSR count). The van der Waals surface area contributed by atoms with Gasteiger partial charge in [-0.3, -0.25) is 14.9 Å². The Morgan fingerprint density at radius 3 is 2.26 bits per heavy atom. The first-order chi connectivity index (χ1) is 11.1. The topological polar surface area (TPSA) is 75.5 Å². The summed E-state index contributed by atoms with van der Waals surface area (Å²) >= 11 is 0. The average Bonchev–Trinajstić information content (AvgIpc) is 2.57. The fourth-order valence-electron chi connectivity index (χ4n) is 2.28. The summed E-state index contributed by atoms with van der Waals surface area (Å²) in [5.41, 5.74) is 1.72. The summed E-state index contributed by atoms with van der Waals surface area (Å²) in [6.07, 6.45) is 0. The van der Waals surface area contributed by atoms with Crippen molar-refractivity contribution < 1.29 is 9.72 Å². The fourth-order valence-corrected chi connectivity index (χ4v) is 2.28. The Hall–Kier alpha value is -2.89.